The fourth-order valence-electron chi connectivity index (χ4n) is 3.27. The van der Waals surface area contributed by atoms with E-state index in [4.69, 9.17) is 4.98 Å². The molecule has 1 fully saturated rings. The van der Waals surface area contributed by atoms with E-state index in [1.807, 2.05) is 13.1 Å². The molecule has 0 amide bonds. The van der Waals surface area contributed by atoms with Crippen molar-refractivity contribution < 1.29 is 0 Å². The monoisotopic (exact) mass is 284 g/mol. The Kier molecular flexibility index (Phi) is 4.23. The highest BCUT2D eigenvalue weighted by molar-refractivity contribution is 5.90. The van der Waals surface area contributed by atoms with Gasteiger partial charge in [0.15, 0.2) is 0 Å². The van der Waals surface area contributed by atoms with Crippen LogP contribution < -0.4 is 10.2 Å². The summed E-state index contributed by atoms with van der Waals surface area (Å²) in [5, 5.41) is 4.26. The highest BCUT2D eigenvalue weighted by atomic mass is 15.2. The fourth-order valence-corrected chi connectivity index (χ4v) is 3.27. The SMILES string of the molecule is CCC1CCCCCN1c1nc(NC)nc2ccccc12. The molecule has 0 bridgehead atoms. The molecule has 0 saturated carbocycles. The quantitative estimate of drug-likeness (QED) is 0.930. The summed E-state index contributed by atoms with van der Waals surface area (Å²) in [6, 6.07) is 8.92. The predicted octanol–water partition coefficient (Wildman–Crippen LogP) is 3.83. The molecule has 4 heteroatoms. The molecule has 1 aromatic heterocycles. The molecule has 0 aliphatic carbocycles. The van der Waals surface area contributed by atoms with Crippen molar-refractivity contribution in [2.24, 2.45) is 0 Å². The standard InChI is InChI=1S/C17H24N4/c1-3-13-9-5-4-8-12-21(13)16-14-10-6-7-11-15(14)19-17(18-2)20-16/h6-7,10-11,13H,3-5,8-9,12H2,1-2H3,(H,18,19,20). The molecule has 21 heavy (non-hydrogen) atoms. The number of aromatic nitrogens is 2. The van der Waals surface area contributed by atoms with Gasteiger partial charge in [0.05, 0.1) is 5.52 Å². The zero-order chi connectivity index (χ0) is 14.7. The molecule has 112 valence electrons. The van der Waals surface area contributed by atoms with Crippen LogP contribution in [0.15, 0.2) is 24.3 Å². The Morgan fingerprint density at radius 3 is 2.86 bits per heavy atom. The summed E-state index contributed by atoms with van der Waals surface area (Å²) in [4.78, 5) is 11.9. The average Bonchev–Trinajstić information content (AvgIpc) is 2.78. The first kappa shape index (κ1) is 14.1. The summed E-state index contributed by atoms with van der Waals surface area (Å²) in [6.45, 7) is 3.38. The third-order valence-corrected chi connectivity index (χ3v) is 4.43. The van der Waals surface area contributed by atoms with E-state index < -0.39 is 0 Å². The Balaban J connectivity index is 2.12. The molecular formula is C17H24N4. The van der Waals surface area contributed by atoms with Crippen LogP contribution in [0.3, 0.4) is 0 Å². The Morgan fingerprint density at radius 1 is 1.19 bits per heavy atom. The molecule has 2 aromatic rings. The number of rotatable bonds is 3. The molecule has 1 saturated heterocycles. The Morgan fingerprint density at radius 2 is 2.05 bits per heavy atom. The largest absolute Gasteiger partial charge is 0.357 e. The van der Waals surface area contributed by atoms with Crippen molar-refractivity contribution in [1.29, 1.82) is 0 Å². The van der Waals surface area contributed by atoms with E-state index in [9.17, 15) is 0 Å². The topological polar surface area (TPSA) is 41.1 Å². The van der Waals surface area contributed by atoms with Crippen LogP contribution in [0.2, 0.25) is 0 Å². The van der Waals surface area contributed by atoms with Crippen molar-refractivity contribution in [2.45, 2.75) is 45.1 Å². The van der Waals surface area contributed by atoms with Crippen LogP contribution >= 0.6 is 0 Å². The van der Waals surface area contributed by atoms with Crippen LogP contribution in [0.5, 0.6) is 0 Å². The van der Waals surface area contributed by atoms with E-state index in [-0.39, 0.29) is 0 Å². The second kappa shape index (κ2) is 6.29. The number of nitrogens with one attached hydrogen (secondary N) is 1. The van der Waals surface area contributed by atoms with Crippen molar-refractivity contribution >= 4 is 22.7 Å². The number of hydrogen-bond donors (Lipinski definition) is 1. The minimum atomic E-state index is 0.593. The second-order valence-electron chi connectivity index (χ2n) is 5.74. The summed E-state index contributed by atoms with van der Waals surface area (Å²) in [7, 11) is 1.88. The smallest absolute Gasteiger partial charge is 0.224 e. The highest BCUT2D eigenvalue weighted by Crippen LogP contribution is 2.30. The van der Waals surface area contributed by atoms with Crippen LogP contribution in [0.25, 0.3) is 10.9 Å². The molecule has 1 unspecified atom stereocenters. The summed E-state index contributed by atoms with van der Waals surface area (Å²) in [5.41, 5.74) is 1.02. The second-order valence-corrected chi connectivity index (χ2v) is 5.74. The predicted molar refractivity (Wildman–Crippen MR) is 89.0 cm³/mol. The van der Waals surface area contributed by atoms with E-state index in [0.717, 1.165) is 23.3 Å². The molecule has 2 heterocycles. The maximum Gasteiger partial charge on any atom is 0.224 e. The van der Waals surface area contributed by atoms with Crippen LogP contribution in [-0.4, -0.2) is 29.6 Å². The normalized spacial score (nSPS) is 19.5. The number of nitrogens with zero attached hydrogens (tertiary/aromatic N) is 3. The van der Waals surface area contributed by atoms with E-state index in [2.05, 4.69) is 40.3 Å². The van der Waals surface area contributed by atoms with E-state index in [1.54, 1.807) is 0 Å². The van der Waals surface area contributed by atoms with Gasteiger partial charge in [-0.15, -0.1) is 0 Å². The van der Waals surface area contributed by atoms with E-state index in [0.29, 0.717) is 12.0 Å². The van der Waals surface area contributed by atoms with Gasteiger partial charge >= 0.3 is 0 Å². The maximum atomic E-state index is 4.79. The molecule has 1 aromatic carbocycles. The number of fused-ring (bicyclic) bond motifs is 1. The maximum absolute atomic E-state index is 4.79. The molecule has 3 rings (SSSR count). The lowest BCUT2D eigenvalue weighted by Crippen LogP contribution is -2.35. The number of para-hydroxylation sites is 1. The molecule has 0 spiro atoms. The number of hydrogen-bond acceptors (Lipinski definition) is 4. The minimum Gasteiger partial charge on any atom is -0.357 e. The Hall–Kier alpha value is -1.84. The summed E-state index contributed by atoms with van der Waals surface area (Å²) >= 11 is 0. The van der Waals surface area contributed by atoms with Gasteiger partial charge in [-0.1, -0.05) is 31.9 Å². The summed E-state index contributed by atoms with van der Waals surface area (Å²) < 4.78 is 0. The molecule has 0 radical (unpaired) electrons. The average molecular weight is 284 g/mol. The molecule has 1 N–H and O–H groups in total. The molecule has 4 nitrogen and oxygen atoms in total. The fraction of sp³-hybridized carbons (Fsp3) is 0.529. The van der Waals surface area contributed by atoms with Gasteiger partial charge in [-0.05, 0) is 31.4 Å². The van der Waals surface area contributed by atoms with Gasteiger partial charge in [0, 0.05) is 25.0 Å². The third kappa shape index (κ3) is 2.80. The van der Waals surface area contributed by atoms with Gasteiger partial charge in [-0.3, -0.25) is 0 Å². The zero-order valence-corrected chi connectivity index (χ0v) is 13.0. The lowest BCUT2D eigenvalue weighted by Gasteiger charge is -2.31. The van der Waals surface area contributed by atoms with Gasteiger partial charge in [-0.2, -0.15) is 4.98 Å². The lowest BCUT2D eigenvalue weighted by atomic mass is 10.1. The molecule has 1 aliphatic rings. The summed E-state index contributed by atoms with van der Waals surface area (Å²) in [5.74, 6) is 1.81. The van der Waals surface area contributed by atoms with Gasteiger partial charge in [0.1, 0.15) is 5.82 Å². The van der Waals surface area contributed by atoms with Crippen LogP contribution in [0.4, 0.5) is 11.8 Å². The van der Waals surface area contributed by atoms with Gasteiger partial charge in [0.25, 0.3) is 0 Å². The van der Waals surface area contributed by atoms with Crippen molar-refractivity contribution in [3.63, 3.8) is 0 Å². The molecule has 1 aliphatic heterocycles. The lowest BCUT2D eigenvalue weighted by molar-refractivity contribution is 0.553. The minimum absolute atomic E-state index is 0.593. The van der Waals surface area contributed by atoms with Crippen LogP contribution in [-0.2, 0) is 0 Å². The third-order valence-electron chi connectivity index (χ3n) is 4.43. The zero-order valence-electron chi connectivity index (χ0n) is 13.0. The first-order valence-corrected chi connectivity index (χ1v) is 8.04. The van der Waals surface area contributed by atoms with E-state index in [1.165, 1.54) is 32.1 Å². The summed E-state index contributed by atoms with van der Waals surface area (Å²) in [6.07, 6.45) is 6.35. The first-order chi connectivity index (χ1) is 10.3. The van der Waals surface area contributed by atoms with Crippen molar-refractivity contribution in [3.05, 3.63) is 24.3 Å². The molecule has 1 atom stereocenters. The number of benzene rings is 1. The van der Waals surface area contributed by atoms with Crippen LogP contribution in [0.1, 0.15) is 39.0 Å². The van der Waals surface area contributed by atoms with Crippen LogP contribution in [0, 0.1) is 0 Å². The first-order valence-electron chi connectivity index (χ1n) is 8.04. The van der Waals surface area contributed by atoms with Crippen molar-refractivity contribution in [3.8, 4) is 0 Å². The van der Waals surface area contributed by atoms with Gasteiger partial charge in [-0.25, -0.2) is 4.98 Å². The Bertz CT molecular complexity index is 611. The molecular weight excluding hydrogens is 260 g/mol. The van der Waals surface area contributed by atoms with E-state index >= 15 is 0 Å². The number of anilines is 2. The van der Waals surface area contributed by atoms with Gasteiger partial charge in [0.2, 0.25) is 5.95 Å². The van der Waals surface area contributed by atoms with Crippen molar-refractivity contribution in [2.75, 3.05) is 23.8 Å². The highest BCUT2D eigenvalue weighted by Gasteiger charge is 2.23. The Labute approximate surface area is 126 Å². The van der Waals surface area contributed by atoms with Gasteiger partial charge < -0.3 is 10.2 Å². The van der Waals surface area contributed by atoms with Crippen molar-refractivity contribution in [1.82, 2.24) is 9.97 Å².